The summed E-state index contributed by atoms with van der Waals surface area (Å²) in [7, 11) is 10.0. The van der Waals surface area contributed by atoms with Crippen molar-refractivity contribution >= 4 is 65.0 Å². The van der Waals surface area contributed by atoms with Gasteiger partial charge in [-0.3, -0.25) is 52.7 Å². The van der Waals surface area contributed by atoms with Crippen LogP contribution in [0.1, 0.15) is 170 Å². The van der Waals surface area contributed by atoms with E-state index in [0.29, 0.717) is 26.1 Å². The molecule has 1 fully saturated rings. The molecule has 0 bridgehead atoms. The van der Waals surface area contributed by atoms with Gasteiger partial charge in [-0.15, -0.1) is 0 Å². The first-order chi connectivity index (χ1) is 42.2. The van der Waals surface area contributed by atoms with Crippen LogP contribution in [0, 0.1) is 41.4 Å². The van der Waals surface area contributed by atoms with E-state index in [2.05, 4.69) is 26.2 Å². The van der Waals surface area contributed by atoms with Crippen LogP contribution in [-0.2, 0) is 52.7 Å². The first-order valence-electron chi connectivity index (χ1n) is 33.3. The molecule has 24 heteroatoms. The smallest absolute Gasteiger partial charge is 0.246 e. The fraction of sp³-hybridized carbons (Fsp3) is 0.806. The molecule has 0 spiro atoms. The van der Waals surface area contributed by atoms with Gasteiger partial charge in [0.15, 0.2) is 0 Å². The van der Waals surface area contributed by atoms with Crippen LogP contribution in [0.4, 0.5) is 0 Å². The lowest BCUT2D eigenvalue weighted by Gasteiger charge is -2.41. The number of hydrogen-bond acceptors (Lipinski definition) is 13. The molecule has 24 nitrogen and oxygen atoms in total. The van der Waals surface area contributed by atoms with E-state index < -0.39 is 156 Å². The molecule has 0 radical (unpaired) electrons. The van der Waals surface area contributed by atoms with Crippen molar-refractivity contribution in [1.82, 2.24) is 60.5 Å². The summed E-state index contributed by atoms with van der Waals surface area (Å²) in [6.07, 6.45) is 3.15. The molecule has 91 heavy (non-hydrogen) atoms. The van der Waals surface area contributed by atoms with Crippen molar-refractivity contribution < 1.29 is 57.8 Å². The molecule has 1 saturated heterocycles. The molecule has 11 amide bonds. The van der Waals surface area contributed by atoms with Crippen molar-refractivity contribution in [2.75, 3.05) is 75.5 Å². The van der Waals surface area contributed by atoms with Crippen molar-refractivity contribution in [2.45, 2.75) is 236 Å². The van der Waals surface area contributed by atoms with Gasteiger partial charge in [0.1, 0.15) is 60.4 Å². The minimum Gasteiger partial charge on any atom is -0.390 e. The number of nitrogens with one attached hydrogen (secondary N) is 4. The van der Waals surface area contributed by atoms with Crippen LogP contribution >= 0.6 is 0 Å². The Labute approximate surface area is 546 Å². The van der Waals surface area contributed by atoms with Gasteiger partial charge in [-0.1, -0.05) is 123 Å². The highest BCUT2D eigenvalue weighted by Gasteiger charge is 2.46. The van der Waals surface area contributed by atoms with E-state index in [9.17, 15) is 38.7 Å². The van der Waals surface area contributed by atoms with Gasteiger partial charge in [0.25, 0.3) is 0 Å². The average molecular weight is 1290 g/mol. The molecule has 0 unspecified atom stereocenters. The maximum Gasteiger partial charge on any atom is 0.246 e. The molecular formula is C67H122N12O12. The van der Waals surface area contributed by atoms with Gasteiger partial charge < -0.3 is 65.6 Å². The van der Waals surface area contributed by atoms with Crippen LogP contribution in [0.2, 0.25) is 0 Å². The second-order valence-corrected chi connectivity index (χ2v) is 27.7. The zero-order valence-electron chi connectivity index (χ0n) is 60.3. The molecule has 0 saturated carbocycles. The van der Waals surface area contributed by atoms with Crippen LogP contribution in [0.5, 0.6) is 0 Å². The quantitative estimate of drug-likeness (QED) is 0.108. The highest BCUT2D eigenvalue weighted by molar-refractivity contribution is 5.99. The number of aliphatic hydroxyl groups excluding tert-OH is 1. The standard InChI is InChI=1S/C67H122N12O12/c1-26-30-31-45(17)57(81)56-61(85)69-47(27-2)62(86)72(19)38-53(80)73(20)49(34-39(5)6)60(84)71-54(43(13)14)66(90)74(21)50(35-40(7)8)59(83)68-46(18)58(82)70-48(32-33-79(28-3)29-4)63(87)75(22)51(36-41(9)10)64(88)76(23)52(37-42(11)12)65(89)77(24)55(44(15)16)67(91)78(56)25/h26,30,39-52,54-57,81H,27-29,31-38H2,1-25H3,(H,68,83)(H,69,85)(H,70,82)(H,71,84)/b30-26+/t45-,46+,47+,48-,49+,50+,51+,52+,54+,55+,56+,57-/m1/s1. The molecule has 5 N–H and O–H groups in total. The molecule has 0 aromatic rings. The van der Waals surface area contributed by atoms with Crippen LogP contribution in [0.15, 0.2) is 12.2 Å². The van der Waals surface area contributed by atoms with E-state index in [1.165, 1.54) is 80.8 Å². The molecule has 522 valence electrons. The fourth-order valence-corrected chi connectivity index (χ4v) is 11.6. The zero-order chi connectivity index (χ0) is 70.4. The lowest BCUT2D eigenvalue weighted by molar-refractivity contribution is -0.157. The maximum absolute atomic E-state index is 15.3. The van der Waals surface area contributed by atoms with Gasteiger partial charge >= 0.3 is 0 Å². The predicted molar refractivity (Wildman–Crippen MR) is 355 cm³/mol. The summed E-state index contributed by atoms with van der Waals surface area (Å²) in [5.41, 5.74) is 0. The second-order valence-electron chi connectivity index (χ2n) is 27.7. The summed E-state index contributed by atoms with van der Waals surface area (Å²) in [5, 5.41) is 23.5. The lowest BCUT2D eigenvalue weighted by Crippen LogP contribution is -2.63. The van der Waals surface area contributed by atoms with Gasteiger partial charge in [-0.25, -0.2) is 0 Å². The third kappa shape index (κ3) is 24.0. The monoisotopic (exact) mass is 1290 g/mol. The number of rotatable bonds is 20. The number of likely N-dealkylation sites (N-methyl/N-ethyl adjacent to an activating group) is 7. The topological polar surface area (TPSA) is 282 Å². The Balaban J connectivity index is 4.49. The zero-order valence-corrected chi connectivity index (χ0v) is 60.3. The molecule has 1 aliphatic rings. The number of hydrogen-bond donors (Lipinski definition) is 5. The summed E-state index contributed by atoms with van der Waals surface area (Å²) in [4.78, 5) is 174. The van der Waals surface area contributed by atoms with Crippen molar-refractivity contribution in [3.05, 3.63) is 12.2 Å². The Kier molecular flexibility index (Phi) is 35.3. The Morgan fingerprint density at radius 2 is 0.912 bits per heavy atom. The number of nitrogens with zero attached hydrogens (tertiary/aromatic N) is 8. The second kappa shape index (κ2) is 38.7. The van der Waals surface area contributed by atoms with Crippen LogP contribution < -0.4 is 21.3 Å². The average Bonchev–Trinajstić information content (AvgIpc) is 0.903. The van der Waals surface area contributed by atoms with Crippen LogP contribution in [0.25, 0.3) is 0 Å². The summed E-state index contributed by atoms with van der Waals surface area (Å²) < 4.78 is 0. The van der Waals surface area contributed by atoms with Crippen molar-refractivity contribution in [3.8, 4) is 0 Å². The molecule has 0 aromatic carbocycles. The van der Waals surface area contributed by atoms with E-state index >= 15 is 19.2 Å². The van der Waals surface area contributed by atoms with Gasteiger partial charge in [-0.2, -0.15) is 0 Å². The van der Waals surface area contributed by atoms with E-state index in [1.807, 2.05) is 75.3 Å². The first-order valence-corrected chi connectivity index (χ1v) is 33.3. The van der Waals surface area contributed by atoms with Crippen LogP contribution in [0.3, 0.4) is 0 Å². The summed E-state index contributed by atoms with van der Waals surface area (Å²) >= 11 is 0. The van der Waals surface area contributed by atoms with Gasteiger partial charge in [0.05, 0.1) is 12.6 Å². The van der Waals surface area contributed by atoms with E-state index in [-0.39, 0.29) is 62.2 Å². The summed E-state index contributed by atoms with van der Waals surface area (Å²) in [6.45, 7) is 33.7. The normalized spacial score (nSPS) is 26.0. The van der Waals surface area contributed by atoms with Gasteiger partial charge in [0, 0.05) is 55.9 Å². The lowest BCUT2D eigenvalue weighted by atomic mass is 9.91. The SMILES string of the molecule is C/C=C/C[C@@H](C)[C@@H](O)[C@H]1C(=O)N[C@@H](CC)C(=O)N(C)CC(=O)N(C)[C@@H](CC(C)C)C(=O)N[C@@H](C(C)C)C(=O)N(C)[C@@H](CC(C)C)C(=O)N[C@@H](C)C(=O)N[C@H](CCN(CC)CC)C(=O)N(C)[C@@H](CC(C)C)C(=O)N(C)[C@@H](CC(C)C)C(=O)N(C)[C@@H](C(C)C)C(=O)N1C. The summed E-state index contributed by atoms with van der Waals surface area (Å²) in [6, 6.07) is -12.4. The van der Waals surface area contributed by atoms with Gasteiger partial charge in [-0.05, 0) is 113 Å². The van der Waals surface area contributed by atoms with E-state index in [1.54, 1.807) is 54.5 Å². The minimum absolute atomic E-state index is 0.0211. The number of allylic oxidation sites excluding steroid dienone is 2. The van der Waals surface area contributed by atoms with Crippen LogP contribution in [-0.4, -0.2) is 251 Å². The summed E-state index contributed by atoms with van der Waals surface area (Å²) in [5.74, 6) is -9.67. The highest BCUT2D eigenvalue weighted by atomic mass is 16.3. The molecule has 0 aliphatic carbocycles. The Morgan fingerprint density at radius 3 is 1.36 bits per heavy atom. The van der Waals surface area contributed by atoms with Gasteiger partial charge in [0.2, 0.25) is 65.0 Å². The Bertz CT molecular complexity index is 2450. The largest absolute Gasteiger partial charge is 0.390 e. The van der Waals surface area contributed by atoms with Crippen molar-refractivity contribution in [3.63, 3.8) is 0 Å². The van der Waals surface area contributed by atoms with Crippen molar-refractivity contribution in [2.24, 2.45) is 41.4 Å². The molecule has 1 aliphatic heterocycles. The molecule has 0 aromatic heterocycles. The predicted octanol–water partition coefficient (Wildman–Crippen LogP) is 3.98. The Hall–Kier alpha value is -6.17. The Morgan fingerprint density at radius 1 is 0.484 bits per heavy atom. The molecule has 1 heterocycles. The highest BCUT2D eigenvalue weighted by Crippen LogP contribution is 2.26. The van der Waals surface area contributed by atoms with E-state index in [0.717, 1.165) is 9.80 Å². The number of aliphatic hydroxyl groups is 1. The van der Waals surface area contributed by atoms with E-state index in [4.69, 9.17) is 0 Å². The minimum atomic E-state index is -1.62. The maximum atomic E-state index is 15.3. The fourth-order valence-electron chi connectivity index (χ4n) is 11.6. The number of carbonyl (C=O) groups excluding carboxylic acids is 11. The van der Waals surface area contributed by atoms with Crippen molar-refractivity contribution in [1.29, 1.82) is 0 Å². The third-order valence-corrected chi connectivity index (χ3v) is 17.6. The third-order valence-electron chi connectivity index (χ3n) is 17.6. The molecule has 12 atom stereocenters. The first kappa shape index (κ1) is 82.8. The number of amides is 11. The number of carbonyl (C=O) groups is 11. The molecular weight excluding hydrogens is 1160 g/mol. The molecule has 1 rings (SSSR count).